The van der Waals surface area contributed by atoms with Crippen LogP contribution in [0.2, 0.25) is 0 Å². The molecule has 0 rings (SSSR count). The molecule has 0 radical (unpaired) electrons. The van der Waals surface area contributed by atoms with Crippen molar-refractivity contribution >= 4 is 6.16 Å². The first kappa shape index (κ1) is 9.57. The highest BCUT2D eigenvalue weighted by atomic mass is 16.7. The van der Waals surface area contributed by atoms with Crippen LogP contribution in [0.5, 0.6) is 0 Å². The minimum absolute atomic E-state index is 0.196. The number of carbonyl (C=O) groups excluding carboxylic acids is 1. The predicted octanol–water partition coefficient (Wildman–Crippen LogP) is 1.35. The quantitative estimate of drug-likeness (QED) is 0.445. The van der Waals surface area contributed by atoms with Crippen LogP contribution in [0, 0.1) is 11.8 Å². The fourth-order valence-corrected chi connectivity index (χ4v) is 0.365. The van der Waals surface area contributed by atoms with Gasteiger partial charge in [0.2, 0.25) is 0 Å². The van der Waals surface area contributed by atoms with Gasteiger partial charge in [-0.05, 0) is 19.1 Å². The molecule has 0 aromatic heterocycles. The van der Waals surface area contributed by atoms with Crippen LogP contribution in [0.4, 0.5) is 4.79 Å². The maximum atomic E-state index is 10.3. The molecule has 0 unspecified atom stereocenters. The van der Waals surface area contributed by atoms with E-state index in [9.17, 15) is 4.79 Å². The summed E-state index contributed by atoms with van der Waals surface area (Å²) < 4.78 is 8.75. The third-order valence-electron chi connectivity index (χ3n) is 0.810. The summed E-state index contributed by atoms with van der Waals surface area (Å²) in [5.74, 6) is 5.34. The number of carbonyl (C=O) groups is 1. The van der Waals surface area contributed by atoms with Crippen molar-refractivity contribution < 1.29 is 14.3 Å². The number of allylic oxidation sites excluding steroid dienone is 1. The first-order valence-electron chi connectivity index (χ1n) is 3.09. The molecular weight excluding hydrogens is 144 g/mol. The van der Waals surface area contributed by atoms with Gasteiger partial charge in [0.15, 0.2) is 0 Å². The number of rotatable bonds is 2. The van der Waals surface area contributed by atoms with Crippen molar-refractivity contribution in [3.63, 3.8) is 0 Å². The number of hydrogen-bond donors (Lipinski definition) is 0. The largest absolute Gasteiger partial charge is 0.508 e. The molecular formula is C8H10O3. The molecule has 0 N–H and O–H groups in total. The summed E-state index contributed by atoms with van der Waals surface area (Å²) >= 11 is 0. The molecule has 0 amide bonds. The fourth-order valence-electron chi connectivity index (χ4n) is 0.365. The van der Waals surface area contributed by atoms with Gasteiger partial charge in [0, 0.05) is 0 Å². The molecule has 60 valence electrons. The highest BCUT2D eigenvalue weighted by Crippen LogP contribution is 1.82. The molecule has 0 aromatic rings. The Morgan fingerprint density at radius 1 is 1.64 bits per heavy atom. The van der Waals surface area contributed by atoms with Gasteiger partial charge >= 0.3 is 6.16 Å². The normalized spacial score (nSPS) is 8.55. The van der Waals surface area contributed by atoms with Crippen LogP contribution in [-0.2, 0) is 9.47 Å². The van der Waals surface area contributed by atoms with Crippen molar-refractivity contribution in [3.8, 4) is 11.8 Å². The van der Waals surface area contributed by atoms with Gasteiger partial charge in [0.05, 0.1) is 7.11 Å². The van der Waals surface area contributed by atoms with Gasteiger partial charge in [-0.15, -0.1) is 5.92 Å². The molecule has 0 aliphatic carbocycles. The van der Waals surface area contributed by atoms with E-state index in [0.29, 0.717) is 0 Å². The summed E-state index contributed by atoms with van der Waals surface area (Å²) in [5, 5.41) is 0. The second kappa shape index (κ2) is 6.69. The number of methoxy groups -OCH3 is 1. The molecule has 0 bridgehead atoms. The first-order valence-corrected chi connectivity index (χ1v) is 3.09. The zero-order valence-electron chi connectivity index (χ0n) is 6.59. The number of ether oxygens (including phenoxy) is 2. The van der Waals surface area contributed by atoms with E-state index in [1.54, 1.807) is 19.1 Å². The van der Waals surface area contributed by atoms with E-state index in [0.717, 1.165) is 0 Å². The average molecular weight is 154 g/mol. The molecule has 0 spiro atoms. The lowest BCUT2D eigenvalue weighted by atomic mass is 10.5. The molecule has 0 atom stereocenters. The second-order valence-corrected chi connectivity index (χ2v) is 1.56. The minimum Gasteiger partial charge on any atom is -0.438 e. The Hall–Kier alpha value is -1.43. The SMILES string of the molecule is CC#C/C=C/COC(=O)OC. The number of hydrogen-bond acceptors (Lipinski definition) is 3. The smallest absolute Gasteiger partial charge is 0.438 e. The molecule has 11 heavy (non-hydrogen) atoms. The van der Waals surface area contributed by atoms with Gasteiger partial charge in [-0.1, -0.05) is 5.92 Å². The lowest BCUT2D eigenvalue weighted by Crippen LogP contribution is -2.03. The molecule has 0 aliphatic heterocycles. The molecule has 0 aliphatic rings. The summed E-state index contributed by atoms with van der Waals surface area (Å²) in [6, 6.07) is 0. The van der Waals surface area contributed by atoms with Gasteiger partial charge in [0.25, 0.3) is 0 Å². The maximum absolute atomic E-state index is 10.3. The lowest BCUT2D eigenvalue weighted by Gasteiger charge is -1.96. The summed E-state index contributed by atoms with van der Waals surface area (Å²) in [6.07, 6.45) is 2.57. The molecule has 3 nitrogen and oxygen atoms in total. The molecule has 0 fully saturated rings. The molecule has 0 heterocycles. The van der Waals surface area contributed by atoms with E-state index in [1.165, 1.54) is 7.11 Å². The summed E-state index contributed by atoms with van der Waals surface area (Å²) in [7, 11) is 1.26. The van der Waals surface area contributed by atoms with E-state index in [-0.39, 0.29) is 6.61 Å². The zero-order valence-corrected chi connectivity index (χ0v) is 6.59. The van der Waals surface area contributed by atoms with Gasteiger partial charge < -0.3 is 9.47 Å². The Morgan fingerprint density at radius 2 is 2.36 bits per heavy atom. The van der Waals surface area contributed by atoms with Crippen LogP contribution in [-0.4, -0.2) is 19.9 Å². The Balaban J connectivity index is 3.38. The fraction of sp³-hybridized carbons (Fsp3) is 0.375. The van der Waals surface area contributed by atoms with Crippen LogP contribution in [0.15, 0.2) is 12.2 Å². The third-order valence-corrected chi connectivity index (χ3v) is 0.810. The van der Waals surface area contributed by atoms with Gasteiger partial charge in [-0.3, -0.25) is 0 Å². The standard InChI is InChI=1S/C8H10O3/c1-3-4-5-6-7-11-8(9)10-2/h5-6H,7H2,1-2H3/b6-5+. The van der Waals surface area contributed by atoms with Crippen molar-refractivity contribution in [1.29, 1.82) is 0 Å². The van der Waals surface area contributed by atoms with Crippen molar-refractivity contribution in [1.82, 2.24) is 0 Å². The summed E-state index contributed by atoms with van der Waals surface area (Å²) in [6.45, 7) is 1.92. The Kier molecular flexibility index (Phi) is 5.82. The van der Waals surface area contributed by atoms with Gasteiger partial charge in [-0.2, -0.15) is 0 Å². The van der Waals surface area contributed by atoms with Gasteiger partial charge in [-0.25, -0.2) is 4.79 Å². The average Bonchev–Trinajstić information content (AvgIpc) is 2.04. The summed E-state index contributed by atoms with van der Waals surface area (Å²) in [5.41, 5.74) is 0. The monoisotopic (exact) mass is 154 g/mol. The van der Waals surface area contributed by atoms with E-state index in [4.69, 9.17) is 0 Å². The van der Waals surface area contributed by atoms with Crippen LogP contribution in [0.3, 0.4) is 0 Å². The van der Waals surface area contributed by atoms with Crippen LogP contribution in [0.1, 0.15) is 6.92 Å². The van der Waals surface area contributed by atoms with Gasteiger partial charge in [0.1, 0.15) is 6.61 Å². The van der Waals surface area contributed by atoms with Crippen molar-refractivity contribution in [2.45, 2.75) is 6.92 Å². The van der Waals surface area contributed by atoms with Crippen molar-refractivity contribution in [2.24, 2.45) is 0 Å². The maximum Gasteiger partial charge on any atom is 0.508 e. The Morgan fingerprint density at radius 3 is 2.91 bits per heavy atom. The third kappa shape index (κ3) is 6.46. The molecule has 0 saturated heterocycles. The summed E-state index contributed by atoms with van der Waals surface area (Å²) in [4.78, 5) is 10.3. The van der Waals surface area contributed by atoms with E-state index < -0.39 is 6.16 Å². The van der Waals surface area contributed by atoms with E-state index in [2.05, 4.69) is 21.3 Å². The van der Waals surface area contributed by atoms with Crippen molar-refractivity contribution in [3.05, 3.63) is 12.2 Å². The Labute approximate surface area is 66.0 Å². The highest BCUT2D eigenvalue weighted by Gasteiger charge is 1.94. The highest BCUT2D eigenvalue weighted by molar-refractivity contribution is 5.59. The van der Waals surface area contributed by atoms with Crippen molar-refractivity contribution in [2.75, 3.05) is 13.7 Å². The lowest BCUT2D eigenvalue weighted by molar-refractivity contribution is 0.0818. The molecule has 0 aromatic carbocycles. The minimum atomic E-state index is -0.681. The van der Waals surface area contributed by atoms with E-state index >= 15 is 0 Å². The van der Waals surface area contributed by atoms with Crippen LogP contribution < -0.4 is 0 Å². The van der Waals surface area contributed by atoms with Crippen LogP contribution in [0.25, 0.3) is 0 Å². The zero-order chi connectivity index (χ0) is 8.53. The topological polar surface area (TPSA) is 35.5 Å². The second-order valence-electron chi connectivity index (χ2n) is 1.56. The molecule has 3 heteroatoms. The van der Waals surface area contributed by atoms with Crippen LogP contribution >= 0.6 is 0 Å². The predicted molar refractivity (Wildman–Crippen MR) is 40.9 cm³/mol. The van der Waals surface area contributed by atoms with E-state index in [1.807, 2.05) is 0 Å². The molecule has 0 saturated carbocycles. The Bertz CT molecular complexity index is 195. The first-order chi connectivity index (χ1) is 5.31.